The molecule has 0 radical (unpaired) electrons. The molecule has 0 amide bonds. The summed E-state index contributed by atoms with van der Waals surface area (Å²) in [5, 5.41) is 0. The minimum absolute atomic E-state index is 0.627. The lowest BCUT2D eigenvalue weighted by Crippen LogP contribution is -2.51. The number of hydrogen-bond donors (Lipinski definition) is 1. The molecule has 1 aliphatic heterocycles. The third-order valence-corrected chi connectivity index (χ3v) is 4.35. The molecule has 1 saturated heterocycles. The van der Waals surface area contributed by atoms with Crippen LogP contribution in [0.15, 0.2) is 18.2 Å². The molecule has 1 aliphatic rings. The van der Waals surface area contributed by atoms with Crippen molar-refractivity contribution in [2.24, 2.45) is 0 Å². The van der Waals surface area contributed by atoms with Gasteiger partial charge in [-0.25, -0.2) is 0 Å². The first-order valence-electron chi connectivity index (χ1n) is 6.16. The van der Waals surface area contributed by atoms with Crippen molar-refractivity contribution in [3.05, 3.63) is 21.8 Å². The second kappa shape index (κ2) is 5.44. The Balaban J connectivity index is 2.14. The highest BCUT2D eigenvalue weighted by molar-refractivity contribution is 14.1. The van der Waals surface area contributed by atoms with E-state index in [1.165, 1.54) is 9.26 Å². The van der Waals surface area contributed by atoms with Crippen molar-refractivity contribution in [2.45, 2.75) is 19.9 Å². The van der Waals surface area contributed by atoms with E-state index in [0.29, 0.717) is 6.04 Å². The number of hydrogen-bond acceptors (Lipinski definition) is 3. The molecule has 94 valence electrons. The van der Waals surface area contributed by atoms with Crippen molar-refractivity contribution in [1.29, 1.82) is 0 Å². The third-order valence-electron chi connectivity index (χ3n) is 3.48. The van der Waals surface area contributed by atoms with Crippen LogP contribution in [0.5, 0.6) is 0 Å². The van der Waals surface area contributed by atoms with Gasteiger partial charge >= 0.3 is 0 Å². The van der Waals surface area contributed by atoms with Crippen molar-refractivity contribution >= 4 is 34.0 Å². The molecule has 0 bridgehead atoms. The standard InChI is InChI=1S/C13H20IN3/c1-3-16-6-7-17(9-10(16)2)13-5-4-11(15)8-12(13)14/h4-5,8,10H,3,6-7,9,15H2,1-2H3. The Morgan fingerprint density at radius 3 is 2.76 bits per heavy atom. The number of nitrogens with zero attached hydrogens (tertiary/aromatic N) is 2. The first-order chi connectivity index (χ1) is 8.11. The van der Waals surface area contributed by atoms with Crippen molar-refractivity contribution in [3.8, 4) is 0 Å². The van der Waals surface area contributed by atoms with Gasteiger partial charge in [-0.15, -0.1) is 0 Å². The Labute approximate surface area is 117 Å². The largest absolute Gasteiger partial charge is 0.399 e. The smallest absolute Gasteiger partial charge is 0.0504 e. The Morgan fingerprint density at radius 2 is 2.18 bits per heavy atom. The van der Waals surface area contributed by atoms with Gasteiger partial charge in [-0.3, -0.25) is 4.90 Å². The number of nitrogen functional groups attached to an aromatic ring is 1. The van der Waals surface area contributed by atoms with Gasteiger partial charge in [0.25, 0.3) is 0 Å². The van der Waals surface area contributed by atoms with E-state index in [-0.39, 0.29) is 0 Å². The number of piperazine rings is 1. The molecular weight excluding hydrogens is 325 g/mol. The molecular formula is C13H20IN3. The fourth-order valence-corrected chi connectivity index (χ4v) is 3.34. The molecule has 4 heteroatoms. The van der Waals surface area contributed by atoms with Crippen LogP contribution in [0.25, 0.3) is 0 Å². The summed E-state index contributed by atoms with van der Waals surface area (Å²) < 4.78 is 1.25. The molecule has 2 N–H and O–H groups in total. The Morgan fingerprint density at radius 1 is 1.41 bits per heavy atom. The number of nitrogens with two attached hydrogens (primary N) is 1. The number of benzene rings is 1. The monoisotopic (exact) mass is 345 g/mol. The van der Waals surface area contributed by atoms with Crippen LogP contribution >= 0.6 is 22.6 Å². The normalized spacial score (nSPS) is 21.8. The van der Waals surface area contributed by atoms with Crippen LogP contribution in [0.3, 0.4) is 0 Å². The fourth-order valence-electron chi connectivity index (χ4n) is 2.46. The van der Waals surface area contributed by atoms with Crippen LogP contribution in [0, 0.1) is 3.57 Å². The molecule has 0 spiro atoms. The van der Waals surface area contributed by atoms with Crippen LogP contribution in [0.1, 0.15) is 13.8 Å². The summed E-state index contributed by atoms with van der Waals surface area (Å²) in [6, 6.07) is 6.81. The predicted octanol–water partition coefficient (Wildman–Crippen LogP) is 2.40. The average Bonchev–Trinajstić information content (AvgIpc) is 2.29. The number of likely N-dealkylation sites (N-methyl/N-ethyl adjacent to an activating group) is 1. The maximum atomic E-state index is 5.80. The second-order valence-electron chi connectivity index (χ2n) is 4.63. The van der Waals surface area contributed by atoms with Gasteiger partial charge in [0, 0.05) is 34.9 Å². The van der Waals surface area contributed by atoms with E-state index in [1.807, 2.05) is 12.1 Å². The van der Waals surface area contributed by atoms with Gasteiger partial charge in [0.05, 0.1) is 5.69 Å². The first-order valence-corrected chi connectivity index (χ1v) is 7.23. The maximum absolute atomic E-state index is 5.80. The Kier molecular flexibility index (Phi) is 4.14. The number of rotatable bonds is 2. The Bertz CT molecular complexity index is 394. The average molecular weight is 345 g/mol. The zero-order valence-electron chi connectivity index (χ0n) is 10.5. The summed E-state index contributed by atoms with van der Waals surface area (Å²) in [5.41, 5.74) is 7.96. The van der Waals surface area contributed by atoms with Crippen LogP contribution in [-0.2, 0) is 0 Å². The summed E-state index contributed by atoms with van der Waals surface area (Å²) >= 11 is 2.37. The summed E-state index contributed by atoms with van der Waals surface area (Å²) in [6.07, 6.45) is 0. The molecule has 1 atom stereocenters. The molecule has 0 aromatic heterocycles. The van der Waals surface area contributed by atoms with Crippen LogP contribution in [0.2, 0.25) is 0 Å². The lowest BCUT2D eigenvalue weighted by molar-refractivity contribution is 0.199. The summed E-state index contributed by atoms with van der Waals surface area (Å²) in [5.74, 6) is 0. The van der Waals surface area contributed by atoms with Crippen LogP contribution in [0.4, 0.5) is 11.4 Å². The van der Waals surface area contributed by atoms with E-state index < -0.39 is 0 Å². The van der Waals surface area contributed by atoms with E-state index in [9.17, 15) is 0 Å². The molecule has 0 aliphatic carbocycles. The molecule has 1 aromatic carbocycles. The quantitative estimate of drug-likeness (QED) is 0.660. The van der Waals surface area contributed by atoms with Crippen LogP contribution < -0.4 is 10.6 Å². The molecule has 2 rings (SSSR count). The van der Waals surface area contributed by atoms with E-state index in [1.54, 1.807) is 0 Å². The summed E-state index contributed by atoms with van der Waals surface area (Å²) in [7, 11) is 0. The minimum atomic E-state index is 0.627. The zero-order valence-corrected chi connectivity index (χ0v) is 12.6. The van der Waals surface area contributed by atoms with Crippen LogP contribution in [-0.4, -0.2) is 37.1 Å². The molecule has 17 heavy (non-hydrogen) atoms. The van der Waals surface area contributed by atoms with E-state index in [2.05, 4.69) is 52.3 Å². The van der Waals surface area contributed by atoms with Crippen molar-refractivity contribution < 1.29 is 0 Å². The summed E-state index contributed by atoms with van der Waals surface area (Å²) in [4.78, 5) is 5.00. The lowest BCUT2D eigenvalue weighted by Gasteiger charge is -2.40. The maximum Gasteiger partial charge on any atom is 0.0504 e. The van der Waals surface area contributed by atoms with E-state index in [0.717, 1.165) is 31.9 Å². The summed E-state index contributed by atoms with van der Waals surface area (Å²) in [6.45, 7) is 9.05. The van der Waals surface area contributed by atoms with Crippen molar-refractivity contribution in [3.63, 3.8) is 0 Å². The van der Waals surface area contributed by atoms with Gasteiger partial charge in [0.15, 0.2) is 0 Å². The fraction of sp³-hybridized carbons (Fsp3) is 0.538. The molecule has 0 saturated carbocycles. The van der Waals surface area contributed by atoms with Gasteiger partial charge in [-0.05, 0) is 54.3 Å². The third kappa shape index (κ3) is 2.85. The zero-order chi connectivity index (χ0) is 12.4. The highest BCUT2D eigenvalue weighted by atomic mass is 127. The van der Waals surface area contributed by atoms with Gasteiger partial charge < -0.3 is 10.6 Å². The molecule has 1 fully saturated rings. The predicted molar refractivity (Wildman–Crippen MR) is 82.5 cm³/mol. The first kappa shape index (κ1) is 13.0. The highest BCUT2D eigenvalue weighted by Crippen LogP contribution is 2.26. The molecule has 1 aromatic rings. The highest BCUT2D eigenvalue weighted by Gasteiger charge is 2.23. The molecule has 1 heterocycles. The van der Waals surface area contributed by atoms with Gasteiger partial charge in [-0.1, -0.05) is 6.92 Å². The molecule has 1 unspecified atom stereocenters. The lowest BCUT2D eigenvalue weighted by atomic mass is 10.1. The van der Waals surface area contributed by atoms with Gasteiger partial charge in [0.1, 0.15) is 0 Å². The van der Waals surface area contributed by atoms with E-state index in [4.69, 9.17) is 5.73 Å². The Hall–Kier alpha value is -0.490. The molecule has 3 nitrogen and oxygen atoms in total. The minimum Gasteiger partial charge on any atom is -0.399 e. The number of anilines is 2. The topological polar surface area (TPSA) is 32.5 Å². The SMILES string of the molecule is CCN1CCN(c2ccc(N)cc2I)CC1C. The van der Waals surface area contributed by atoms with Gasteiger partial charge in [0.2, 0.25) is 0 Å². The number of halogens is 1. The van der Waals surface area contributed by atoms with Crippen molar-refractivity contribution in [2.75, 3.05) is 36.8 Å². The van der Waals surface area contributed by atoms with Gasteiger partial charge in [-0.2, -0.15) is 0 Å². The van der Waals surface area contributed by atoms with Crippen molar-refractivity contribution in [1.82, 2.24) is 4.90 Å². The van der Waals surface area contributed by atoms with E-state index >= 15 is 0 Å². The second-order valence-corrected chi connectivity index (χ2v) is 5.80.